The standard InChI is InChI=1S/C10H13N5O4/c11-8-5-9(13-2-12-8)15(3-14-5)10-7(18)6(17)4(1-16)19-10/h2-4,6-7,10,16-18H,1H2,(H2,11,12,13)/t4-,6-,7-,10-/m1/s1/i1+1,2+1,3+1,4+1,5+1,6+1,7+1,8+1,9+1,10+1. The van der Waals surface area contributed by atoms with Gasteiger partial charge in [-0.25, -0.2) is 15.0 Å². The molecule has 4 atom stereocenters. The maximum Gasteiger partial charge on any atom is 0.167 e. The number of imidazole rings is 1. The molecule has 102 valence electrons. The van der Waals surface area contributed by atoms with Crippen LogP contribution in [0.1, 0.15) is 6.23 Å². The largest absolute Gasteiger partial charge is 0.394 e. The molecule has 0 bridgehead atoms. The molecular weight excluding hydrogens is 264 g/mol. The predicted molar refractivity (Wildman–Crippen MR) is 62.7 cm³/mol. The highest BCUT2D eigenvalue weighted by Crippen LogP contribution is 2.31. The van der Waals surface area contributed by atoms with Gasteiger partial charge in [0.25, 0.3) is 0 Å². The highest BCUT2D eigenvalue weighted by Gasteiger charge is 2.43. The van der Waals surface area contributed by atoms with Crippen LogP contribution in [0.25, 0.3) is 11.2 Å². The van der Waals surface area contributed by atoms with Crippen LogP contribution in [0.3, 0.4) is 0 Å². The number of fused-ring (bicyclic) bond motifs is 1. The lowest BCUT2D eigenvalue weighted by Gasteiger charge is -2.16. The number of hydrogen-bond donors (Lipinski definition) is 4. The molecule has 2 aromatic heterocycles. The van der Waals surface area contributed by atoms with E-state index in [2.05, 4.69) is 15.0 Å². The van der Waals surface area contributed by atoms with Crippen molar-refractivity contribution in [3.8, 4) is 0 Å². The van der Waals surface area contributed by atoms with E-state index >= 15 is 0 Å². The van der Waals surface area contributed by atoms with Gasteiger partial charge < -0.3 is 25.8 Å². The molecule has 1 aliphatic heterocycles. The second-order valence-electron chi connectivity index (χ2n) is 4.31. The first-order valence-corrected chi connectivity index (χ1v) is 5.69. The fourth-order valence-electron chi connectivity index (χ4n) is 2.17. The molecule has 1 aliphatic rings. The minimum Gasteiger partial charge on any atom is -0.394 e. The van der Waals surface area contributed by atoms with Crippen molar-refractivity contribution in [2.24, 2.45) is 0 Å². The summed E-state index contributed by atoms with van der Waals surface area (Å²) in [5.41, 5.74) is 6.44. The maximum atomic E-state index is 9.95. The number of nitrogen functional groups attached to an aromatic ring is 1. The van der Waals surface area contributed by atoms with Crippen LogP contribution >= 0.6 is 0 Å². The Morgan fingerprint density at radius 1 is 1.26 bits per heavy atom. The summed E-state index contributed by atoms with van der Waals surface area (Å²) in [5.74, 6) is 0.218. The monoisotopic (exact) mass is 277 g/mol. The molecule has 1 fully saturated rings. The van der Waals surface area contributed by atoms with E-state index in [1.807, 2.05) is 0 Å². The molecule has 0 saturated carbocycles. The molecule has 2 aromatic rings. The second-order valence-corrected chi connectivity index (χ2v) is 4.31. The van der Waals surface area contributed by atoms with Gasteiger partial charge >= 0.3 is 0 Å². The van der Waals surface area contributed by atoms with Gasteiger partial charge in [-0.3, -0.25) is 4.57 Å². The molecule has 3 rings (SSSR count). The van der Waals surface area contributed by atoms with Gasteiger partial charge in [0, 0.05) is 0 Å². The fraction of sp³-hybridized carbons (Fsp3) is 0.500. The van der Waals surface area contributed by atoms with Gasteiger partial charge in [-0.15, -0.1) is 0 Å². The van der Waals surface area contributed by atoms with Gasteiger partial charge in [-0.1, -0.05) is 0 Å². The maximum absolute atomic E-state index is 9.95. The average Bonchev–Trinajstić information content (AvgIpc) is 2.94. The number of nitrogens with two attached hydrogens (primary N) is 1. The number of anilines is 1. The summed E-state index contributed by atoms with van der Waals surface area (Å²) in [6, 6.07) is 0. The van der Waals surface area contributed by atoms with Crippen molar-refractivity contribution in [1.82, 2.24) is 19.5 Å². The van der Waals surface area contributed by atoms with E-state index in [1.54, 1.807) is 0 Å². The van der Waals surface area contributed by atoms with Crippen LogP contribution in [0, 0.1) is 0 Å². The Morgan fingerprint density at radius 2 is 2.05 bits per heavy atom. The van der Waals surface area contributed by atoms with E-state index in [-0.39, 0.29) is 5.82 Å². The van der Waals surface area contributed by atoms with Crippen molar-refractivity contribution in [2.75, 3.05) is 12.3 Å². The Morgan fingerprint density at radius 3 is 2.74 bits per heavy atom. The van der Waals surface area contributed by atoms with Gasteiger partial charge in [-0.2, -0.15) is 0 Å². The van der Waals surface area contributed by atoms with Crippen LogP contribution < -0.4 is 5.73 Å². The third-order valence-corrected chi connectivity index (χ3v) is 3.18. The van der Waals surface area contributed by atoms with E-state index in [0.29, 0.717) is 11.2 Å². The molecule has 0 aromatic carbocycles. The minimum atomic E-state index is -1.19. The van der Waals surface area contributed by atoms with E-state index in [4.69, 9.17) is 15.6 Å². The summed E-state index contributed by atoms with van der Waals surface area (Å²) in [6.07, 6.45) is -1.42. The third kappa shape index (κ3) is 1.75. The lowest BCUT2D eigenvalue weighted by atomic mass is 11.1. The zero-order valence-corrected chi connectivity index (χ0v) is 9.79. The molecule has 0 unspecified atom stereocenters. The number of hydrogen-bond acceptors (Lipinski definition) is 8. The van der Waals surface area contributed by atoms with E-state index in [1.165, 1.54) is 17.2 Å². The summed E-state index contributed by atoms with van der Waals surface area (Å²) >= 11 is 0. The SMILES string of the molecule is N[13c]1n[13cH]n[13c]2[13c]1n[13cH]n2[13C@@H]1O[13C@H]([13CH2]O)[13C@@H](O)[13C@H]1O. The summed E-state index contributed by atoms with van der Waals surface area (Å²) in [6.45, 7) is -0.390. The van der Waals surface area contributed by atoms with E-state index in [9.17, 15) is 10.2 Å². The summed E-state index contributed by atoms with van der Waals surface area (Å²) in [7, 11) is 0. The van der Waals surface area contributed by atoms with Gasteiger partial charge in [-0.05, 0) is 0 Å². The number of nitrogens with zero attached hydrogens (tertiary/aromatic N) is 4. The number of aliphatic hydroxyl groups is 3. The van der Waals surface area contributed by atoms with Crippen LogP contribution in [-0.4, -0.2) is 59.8 Å². The lowest BCUT2D eigenvalue weighted by molar-refractivity contribution is -0.0511. The Kier molecular flexibility index (Phi) is 2.82. The number of aromatic nitrogens is 4. The molecular formula is C10H13N5O4. The fourth-order valence-corrected chi connectivity index (χ4v) is 2.17. The summed E-state index contributed by atoms with van der Waals surface area (Å²) in [5, 5.41) is 28.7. The average molecular weight is 277 g/mol. The number of ether oxygens (including phenoxy) is 1. The Bertz CT molecular complexity index is 603. The molecule has 5 N–H and O–H groups in total. The molecule has 9 heteroatoms. The van der Waals surface area contributed by atoms with Crippen molar-refractivity contribution < 1.29 is 20.1 Å². The number of aliphatic hydroxyl groups excluding tert-OH is 3. The van der Waals surface area contributed by atoms with E-state index < -0.39 is 31.1 Å². The Balaban J connectivity index is 2.04. The Labute approximate surface area is 107 Å². The molecule has 0 aliphatic carbocycles. The summed E-state index contributed by atoms with van der Waals surface area (Å²) < 4.78 is 6.85. The van der Waals surface area contributed by atoms with Crippen LogP contribution in [0.5, 0.6) is 0 Å². The molecule has 0 spiro atoms. The van der Waals surface area contributed by atoms with Gasteiger partial charge in [0.05, 0.1) is 12.9 Å². The van der Waals surface area contributed by atoms with Crippen LogP contribution in [-0.2, 0) is 4.74 Å². The minimum absolute atomic E-state index is 0.218. The highest BCUT2D eigenvalue weighted by atomic mass is 16.8. The van der Waals surface area contributed by atoms with E-state index in [0.717, 1.165) is 0 Å². The first-order chi connectivity index (χ1) is 9.13. The smallest absolute Gasteiger partial charge is 0.167 e. The molecule has 1 saturated heterocycles. The zero-order chi connectivity index (χ0) is 13.6. The lowest BCUT2D eigenvalue weighted by Crippen LogP contribution is -2.33. The normalized spacial score (nSPS) is 31.1. The van der Waals surface area contributed by atoms with Crippen molar-refractivity contribution in [3.63, 3.8) is 0 Å². The second kappa shape index (κ2) is 4.38. The third-order valence-electron chi connectivity index (χ3n) is 3.18. The van der Waals surface area contributed by atoms with Crippen LogP contribution in [0.4, 0.5) is 5.82 Å². The quantitative estimate of drug-likeness (QED) is 0.463. The van der Waals surface area contributed by atoms with Crippen LogP contribution in [0.15, 0.2) is 12.7 Å². The van der Waals surface area contributed by atoms with Crippen molar-refractivity contribution in [2.45, 2.75) is 24.5 Å². The van der Waals surface area contributed by atoms with Gasteiger partial charge in [0.1, 0.15) is 30.2 Å². The topological polar surface area (TPSA) is 140 Å². The number of rotatable bonds is 2. The summed E-state index contributed by atoms with van der Waals surface area (Å²) in [4.78, 5) is 11.9. The molecule has 3 heterocycles. The Hall–Kier alpha value is -1.81. The molecule has 0 amide bonds. The van der Waals surface area contributed by atoms with Crippen LogP contribution in [0.2, 0.25) is 0 Å². The molecule has 9 nitrogen and oxygen atoms in total. The zero-order valence-electron chi connectivity index (χ0n) is 9.79. The van der Waals surface area contributed by atoms with Crippen molar-refractivity contribution >= 4 is 17.0 Å². The highest BCUT2D eigenvalue weighted by molar-refractivity contribution is 5.81. The van der Waals surface area contributed by atoms with Gasteiger partial charge in [0.15, 0.2) is 17.7 Å². The molecule has 0 radical (unpaired) electrons. The van der Waals surface area contributed by atoms with Gasteiger partial charge in [0.2, 0.25) is 0 Å². The molecule has 19 heavy (non-hydrogen) atoms. The van der Waals surface area contributed by atoms with Crippen molar-refractivity contribution in [1.29, 1.82) is 0 Å². The predicted octanol–water partition coefficient (Wildman–Crippen LogP) is -1.98. The first-order valence-electron chi connectivity index (χ1n) is 5.69. The first kappa shape index (κ1) is 12.2. The van der Waals surface area contributed by atoms with Crippen molar-refractivity contribution in [3.05, 3.63) is 12.7 Å².